The SMILES string of the molecule is COc1ccc(NC(=O)CN(c2cc(C)cc(C)c2)S(=O)(=O)c2ccc(C)cc2)cc1S(=O)(=O)N1CCCCC1. The number of piperidine rings is 1. The summed E-state index contributed by atoms with van der Waals surface area (Å²) in [6.45, 7) is 5.90. The van der Waals surface area contributed by atoms with Crippen LogP contribution in [0.4, 0.5) is 11.4 Å². The van der Waals surface area contributed by atoms with Crippen LogP contribution < -0.4 is 14.4 Å². The second-order valence-corrected chi connectivity index (χ2v) is 13.8. The van der Waals surface area contributed by atoms with Crippen molar-refractivity contribution in [1.29, 1.82) is 0 Å². The van der Waals surface area contributed by atoms with Crippen LogP contribution in [0.25, 0.3) is 0 Å². The number of carbonyl (C=O) groups excluding carboxylic acids is 1. The van der Waals surface area contributed by atoms with Gasteiger partial charge in [0.05, 0.1) is 17.7 Å². The highest BCUT2D eigenvalue weighted by Crippen LogP contribution is 2.32. The molecule has 0 aliphatic carbocycles. The van der Waals surface area contributed by atoms with Crippen molar-refractivity contribution in [2.75, 3.05) is 36.4 Å². The highest BCUT2D eigenvalue weighted by Gasteiger charge is 2.30. The van der Waals surface area contributed by atoms with E-state index in [0.717, 1.165) is 40.3 Å². The molecule has 3 aromatic carbocycles. The van der Waals surface area contributed by atoms with Crippen LogP contribution in [0.1, 0.15) is 36.0 Å². The van der Waals surface area contributed by atoms with Crippen LogP contribution in [-0.4, -0.2) is 53.8 Å². The molecule has 0 atom stereocenters. The number of nitrogens with zero attached hydrogens (tertiary/aromatic N) is 2. The molecule has 4 rings (SSSR count). The second kappa shape index (κ2) is 12.0. The first-order chi connectivity index (χ1) is 18.9. The van der Waals surface area contributed by atoms with Gasteiger partial charge in [-0.1, -0.05) is 30.2 Å². The van der Waals surface area contributed by atoms with Crippen molar-refractivity contribution in [2.45, 2.75) is 49.8 Å². The number of hydrogen-bond donors (Lipinski definition) is 1. The lowest BCUT2D eigenvalue weighted by atomic mass is 10.1. The Kier molecular flexibility index (Phi) is 8.86. The van der Waals surface area contributed by atoms with Crippen LogP contribution in [0.15, 0.2) is 70.5 Å². The maximum atomic E-state index is 13.7. The molecule has 1 aliphatic heterocycles. The van der Waals surface area contributed by atoms with Gasteiger partial charge in [-0.15, -0.1) is 0 Å². The zero-order valence-electron chi connectivity index (χ0n) is 23.2. The standard InChI is InChI=1S/C29H35N3O6S2/c1-21-8-11-26(12-9-21)39(34,35)32(25-17-22(2)16-23(3)18-25)20-29(33)30-24-10-13-27(38-4)28(19-24)40(36,37)31-14-6-5-7-15-31/h8-13,16-19H,5-7,14-15,20H2,1-4H3,(H,30,33). The summed E-state index contributed by atoms with van der Waals surface area (Å²) in [5, 5.41) is 2.69. The number of hydrogen-bond acceptors (Lipinski definition) is 6. The lowest BCUT2D eigenvalue weighted by Gasteiger charge is -2.27. The number of amides is 1. The number of sulfonamides is 2. The van der Waals surface area contributed by atoms with E-state index in [0.29, 0.717) is 18.8 Å². The molecule has 1 fully saturated rings. The quantitative estimate of drug-likeness (QED) is 0.392. The number of rotatable bonds is 9. The van der Waals surface area contributed by atoms with Crippen molar-refractivity contribution in [3.63, 3.8) is 0 Å². The molecule has 0 radical (unpaired) electrons. The van der Waals surface area contributed by atoms with Crippen LogP contribution >= 0.6 is 0 Å². The smallest absolute Gasteiger partial charge is 0.264 e. The van der Waals surface area contributed by atoms with Crippen molar-refractivity contribution < 1.29 is 26.4 Å². The van der Waals surface area contributed by atoms with E-state index in [4.69, 9.17) is 4.74 Å². The second-order valence-electron chi connectivity index (χ2n) is 10.0. The number of benzene rings is 3. The molecule has 0 saturated carbocycles. The van der Waals surface area contributed by atoms with E-state index in [9.17, 15) is 21.6 Å². The zero-order chi connectivity index (χ0) is 29.1. The summed E-state index contributed by atoms with van der Waals surface area (Å²) in [6, 6.07) is 16.1. The third-order valence-electron chi connectivity index (χ3n) is 6.77. The van der Waals surface area contributed by atoms with E-state index in [1.165, 1.54) is 41.7 Å². The van der Waals surface area contributed by atoms with Gasteiger partial charge in [-0.3, -0.25) is 9.10 Å². The van der Waals surface area contributed by atoms with Crippen molar-refractivity contribution in [1.82, 2.24) is 4.31 Å². The van der Waals surface area contributed by atoms with Crippen LogP contribution in [0.3, 0.4) is 0 Å². The largest absolute Gasteiger partial charge is 0.495 e. The molecule has 1 N–H and O–H groups in total. The molecule has 1 heterocycles. The van der Waals surface area contributed by atoms with Crippen molar-refractivity contribution >= 4 is 37.3 Å². The number of methoxy groups -OCH3 is 1. The van der Waals surface area contributed by atoms with Crippen LogP contribution in [0.5, 0.6) is 5.75 Å². The van der Waals surface area contributed by atoms with Crippen LogP contribution in [0, 0.1) is 20.8 Å². The van der Waals surface area contributed by atoms with E-state index in [1.807, 2.05) is 26.8 Å². The summed E-state index contributed by atoms with van der Waals surface area (Å²) >= 11 is 0. The fraction of sp³-hybridized carbons (Fsp3) is 0.345. The monoisotopic (exact) mass is 585 g/mol. The fourth-order valence-electron chi connectivity index (χ4n) is 4.78. The third-order valence-corrected chi connectivity index (χ3v) is 10.5. The maximum Gasteiger partial charge on any atom is 0.264 e. The molecular formula is C29H35N3O6S2. The van der Waals surface area contributed by atoms with Crippen LogP contribution in [-0.2, 0) is 24.8 Å². The van der Waals surface area contributed by atoms with Gasteiger partial charge in [0.25, 0.3) is 10.0 Å². The van der Waals surface area contributed by atoms with Crippen molar-refractivity contribution in [3.8, 4) is 5.75 Å². The first-order valence-corrected chi connectivity index (χ1v) is 16.0. The topological polar surface area (TPSA) is 113 Å². The number of aryl methyl sites for hydroxylation is 3. The summed E-state index contributed by atoms with van der Waals surface area (Å²) in [6.07, 6.45) is 2.53. The van der Waals surface area contributed by atoms with Gasteiger partial charge in [-0.2, -0.15) is 4.31 Å². The molecule has 0 bridgehead atoms. The van der Waals surface area contributed by atoms with Crippen molar-refractivity contribution in [2.24, 2.45) is 0 Å². The fourth-order valence-corrected chi connectivity index (χ4v) is 7.88. The zero-order valence-corrected chi connectivity index (χ0v) is 24.8. The molecule has 40 heavy (non-hydrogen) atoms. The summed E-state index contributed by atoms with van der Waals surface area (Å²) in [5.74, 6) is -0.455. The van der Waals surface area contributed by atoms with Gasteiger partial charge in [0, 0.05) is 18.8 Å². The van der Waals surface area contributed by atoms with Gasteiger partial charge in [0.15, 0.2) is 0 Å². The Morgan fingerprint density at radius 2 is 1.48 bits per heavy atom. The highest BCUT2D eigenvalue weighted by molar-refractivity contribution is 7.92. The van der Waals surface area contributed by atoms with Gasteiger partial charge in [0.1, 0.15) is 17.2 Å². The molecule has 0 unspecified atom stereocenters. The maximum absolute atomic E-state index is 13.7. The Hall–Kier alpha value is -3.41. The number of anilines is 2. The molecule has 1 aliphatic rings. The van der Waals surface area contributed by atoms with Crippen molar-refractivity contribution in [3.05, 3.63) is 77.4 Å². The Morgan fingerprint density at radius 1 is 0.850 bits per heavy atom. The molecule has 11 heteroatoms. The molecule has 0 spiro atoms. The Morgan fingerprint density at radius 3 is 2.08 bits per heavy atom. The summed E-state index contributed by atoms with van der Waals surface area (Å²) in [4.78, 5) is 13.3. The predicted molar refractivity (Wildman–Crippen MR) is 156 cm³/mol. The summed E-state index contributed by atoms with van der Waals surface area (Å²) < 4.78 is 62.1. The Balaban J connectivity index is 1.66. The highest BCUT2D eigenvalue weighted by atomic mass is 32.2. The number of nitrogens with one attached hydrogen (secondary N) is 1. The van der Waals surface area contributed by atoms with E-state index < -0.39 is 32.5 Å². The van der Waals surface area contributed by atoms with E-state index >= 15 is 0 Å². The number of ether oxygens (including phenoxy) is 1. The lowest BCUT2D eigenvalue weighted by molar-refractivity contribution is -0.114. The summed E-state index contributed by atoms with van der Waals surface area (Å²) in [7, 11) is -6.56. The van der Waals surface area contributed by atoms with Gasteiger partial charge < -0.3 is 10.1 Å². The summed E-state index contributed by atoms with van der Waals surface area (Å²) in [5.41, 5.74) is 3.18. The van der Waals surface area contributed by atoms with Crippen LogP contribution in [0.2, 0.25) is 0 Å². The first-order valence-electron chi connectivity index (χ1n) is 13.1. The Bertz CT molecular complexity index is 1580. The molecule has 3 aromatic rings. The van der Waals surface area contributed by atoms with Gasteiger partial charge >= 0.3 is 0 Å². The van der Waals surface area contributed by atoms with E-state index in [1.54, 1.807) is 24.3 Å². The molecular weight excluding hydrogens is 550 g/mol. The van der Waals surface area contributed by atoms with E-state index in [-0.39, 0.29) is 21.2 Å². The molecule has 0 aromatic heterocycles. The number of carbonyl (C=O) groups is 1. The third kappa shape index (κ3) is 6.48. The van der Waals surface area contributed by atoms with E-state index in [2.05, 4.69) is 5.32 Å². The predicted octanol–water partition coefficient (Wildman–Crippen LogP) is 4.63. The Labute approximate surface area is 236 Å². The lowest BCUT2D eigenvalue weighted by Crippen LogP contribution is -2.38. The average Bonchev–Trinajstić information content (AvgIpc) is 2.91. The van der Waals surface area contributed by atoms with Gasteiger partial charge in [-0.25, -0.2) is 16.8 Å². The minimum Gasteiger partial charge on any atom is -0.495 e. The molecule has 9 nitrogen and oxygen atoms in total. The van der Waals surface area contributed by atoms with Gasteiger partial charge in [-0.05, 0) is 87.2 Å². The minimum atomic E-state index is -4.10. The minimum absolute atomic E-state index is 0.0480. The molecule has 1 saturated heterocycles. The first kappa shape index (κ1) is 29.6. The van der Waals surface area contributed by atoms with Gasteiger partial charge in [0.2, 0.25) is 15.9 Å². The molecule has 214 valence electrons. The average molecular weight is 586 g/mol. The normalized spacial score (nSPS) is 14.5. The molecule has 1 amide bonds.